The first-order valence-corrected chi connectivity index (χ1v) is 7.78. The predicted molar refractivity (Wildman–Crippen MR) is 83.3 cm³/mol. The van der Waals surface area contributed by atoms with Crippen LogP contribution in [0.15, 0.2) is 28.2 Å². The second-order valence-corrected chi connectivity index (χ2v) is 5.86. The first-order chi connectivity index (χ1) is 10.3. The lowest BCUT2D eigenvalue weighted by molar-refractivity contribution is -0.145. The molecule has 2 unspecified atom stereocenters. The number of carbonyl (C=O) groups is 1. The van der Waals surface area contributed by atoms with E-state index in [9.17, 15) is 13.6 Å². The van der Waals surface area contributed by atoms with Gasteiger partial charge in [-0.2, -0.15) is 0 Å². The molecule has 118 valence electrons. The summed E-state index contributed by atoms with van der Waals surface area (Å²) in [5.74, 6) is -3.24. The monoisotopic (exact) mass is 326 g/mol. The van der Waals surface area contributed by atoms with Gasteiger partial charge in [-0.1, -0.05) is 17.8 Å². The highest BCUT2D eigenvalue weighted by atomic mass is 32.2. The quantitative estimate of drug-likeness (QED) is 0.785. The molecule has 1 heterocycles. The Morgan fingerprint density at radius 1 is 1.36 bits per heavy atom. The van der Waals surface area contributed by atoms with Gasteiger partial charge in [-0.25, -0.2) is 18.8 Å². The highest BCUT2D eigenvalue weighted by molar-refractivity contribution is 8.13. The molecule has 0 spiro atoms. The van der Waals surface area contributed by atoms with Crippen molar-refractivity contribution in [3.05, 3.63) is 35.4 Å². The number of nitrogens with zero attached hydrogens (tertiary/aromatic N) is 2. The van der Waals surface area contributed by atoms with E-state index in [0.717, 1.165) is 12.1 Å². The molecule has 0 bridgehead atoms. The molecule has 0 amide bonds. The summed E-state index contributed by atoms with van der Waals surface area (Å²) < 4.78 is 31.7. The summed E-state index contributed by atoms with van der Waals surface area (Å²) >= 11 is 1.32. The van der Waals surface area contributed by atoms with Crippen LogP contribution < -0.4 is 0 Å². The van der Waals surface area contributed by atoms with Gasteiger partial charge in [-0.3, -0.25) is 4.79 Å². The number of ether oxygens (including phenoxy) is 1. The van der Waals surface area contributed by atoms with Crippen LogP contribution in [-0.4, -0.2) is 30.2 Å². The molecule has 1 aliphatic rings. The van der Waals surface area contributed by atoms with E-state index in [1.54, 1.807) is 20.1 Å². The maximum absolute atomic E-state index is 13.6. The highest BCUT2D eigenvalue weighted by Crippen LogP contribution is 2.39. The smallest absolute Gasteiger partial charge is 0.317 e. The van der Waals surface area contributed by atoms with Crippen LogP contribution in [0, 0.1) is 17.6 Å². The fourth-order valence-corrected chi connectivity index (χ4v) is 3.08. The first-order valence-electron chi connectivity index (χ1n) is 6.56. The van der Waals surface area contributed by atoms with E-state index in [4.69, 9.17) is 4.74 Å². The third-order valence-electron chi connectivity index (χ3n) is 3.70. The van der Waals surface area contributed by atoms with Gasteiger partial charge in [0.15, 0.2) is 16.8 Å². The van der Waals surface area contributed by atoms with Crippen molar-refractivity contribution in [3.8, 4) is 0 Å². The summed E-state index contributed by atoms with van der Waals surface area (Å²) in [6.45, 7) is 3.39. The summed E-state index contributed by atoms with van der Waals surface area (Å²) in [5, 5.41) is 0.477. The van der Waals surface area contributed by atoms with E-state index in [1.807, 2.05) is 0 Å². The Morgan fingerprint density at radius 2 is 2.05 bits per heavy atom. The summed E-state index contributed by atoms with van der Waals surface area (Å²) in [5.41, 5.74) is -0.188. The van der Waals surface area contributed by atoms with Crippen molar-refractivity contribution < 1.29 is 18.3 Å². The zero-order chi connectivity index (χ0) is 16.5. The van der Waals surface area contributed by atoms with Crippen molar-refractivity contribution in [2.24, 2.45) is 15.9 Å². The standard InChI is InChI=1S/C15H16F2N2O2S/c1-8-12(13(20)21-3)15(2,19-14(18-8)22-4)9-5-6-10(16)11(17)7-9/h5-7,12H,1-4H3. The summed E-state index contributed by atoms with van der Waals surface area (Å²) in [4.78, 5) is 20.9. The lowest BCUT2D eigenvalue weighted by Gasteiger charge is -2.35. The van der Waals surface area contributed by atoms with Crippen molar-refractivity contribution >= 4 is 28.6 Å². The molecule has 0 saturated heterocycles. The second-order valence-electron chi connectivity index (χ2n) is 5.08. The number of carbonyl (C=O) groups excluding carboxylic acids is 1. The normalized spacial score (nSPS) is 24.5. The molecular formula is C15H16F2N2O2S. The topological polar surface area (TPSA) is 51.0 Å². The summed E-state index contributed by atoms with van der Waals surface area (Å²) in [6, 6.07) is 3.51. The van der Waals surface area contributed by atoms with Gasteiger partial charge in [0.25, 0.3) is 0 Å². The molecule has 2 rings (SSSR count). The van der Waals surface area contributed by atoms with Crippen molar-refractivity contribution in [1.29, 1.82) is 0 Å². The minimum Gasteiger partial charge on any atom is -0.468 e. The average Bonchev–Trinajstić information content (AvgIpc) is 2.48. The zero-order valence-electron chi connectivity index (χ0n) is 12.7. The number of rotatable bonds is 2. The molecule has 22 heavy (non-hydrogen) atoms. The average molecular weight is 326 g/mol. The van der Waals surface area contributed by atoms with Crippen LogP contribution in [0.4, 0.5) is 8.78 Å². The van der Waals surface area contributed by atoms with Crippen molar-refractivity contribution in [2.45, 2.75) is 19.4 Å². The van der Waals surface area contributed by atoms with Crippen molar-refractivity contribution in [2.75, 3.05) is 13.4 Å². The van der Waals surface area contributed by atoms with Crippen LogP contribution in [0.25, 0.3) is 0 Å². The second kappa shape index (κ2) is 6.16. The SMILES string of the molecule is COC(=O)C1C(C)=NC(SC)=NC1(C)c1ccc(F)c(F)c1. The molecular weight excluding hydrogens is 310 g/mol. The van der Waals surface area contributed by atoms with E-state index in [2.05, 4.69) is 9.98 Å². The Morgan fingerprint density at radius 3 is 2.59 bits per heavy atom. The van der Waals surface area contributed by atoms with Gasteiger partial charge in [0.05, 0.1) is 7.11 Å². The number of thioether (sulfide) groups is 1. The first kappa shape index (κ1) is 16.6. The number of aliphatic imine (C=N–C) groups is 2. The lowest BCUT2D eigenvalue weighted by Crippen LogP contribution is -2.44. The molecule has 1 aromatic carbocycles. The number of hydrogen-bond acceptors (Lipinski definition) is 5. The summed E-state index contributed by atoms with van der Waals surface area (Å²) in [6.07, 6.45) is 1.81. The minimum absolute atomic E-state index is 0.391. The van der Waals surface area contributed by atoms with Crippen LogP contribution >= 0.6 is 11.8 Å². The van der Waals surface area contributed by atoms with E-state index >= 15 is 0 Å². The van der Waals surface area contributed by atoms with Gasteiger partial charge >= 0.3 is 5.97 Å². The minimum atomic E-state index is -1.11. The number of hydrogen-bond donors (Lipinski definition) is 0. The molecule has 2 atom stereocenters. The fraction of sp³-hybridized carbons (Fsp3) is 0.400. The summed E-state index contributed by atoms with van der Waals surface area (Å²) in [7, 11) is 1.27. The highest BCUT2D eigenvalue weighted by Gasteiger charge is 2.46. The molecule has 0 aromatic heterocycles. The van der Waals surface area contributed by atoms with Gasteiger partial charge in [0.1, 0.15) is 11.5 Å². The maximum Gasteiger partial charge on any atom is 0.317 e. The van der Waals surface area contributed by atoms with Crippen LogP contribution in [0.5, 0.6) is 0 Å². The largest absolute Gasteiger partial charge is 0.468 e. The van der Waals surface area contributed by atoms with Crippen LogP contribution in [0.1, 0.15) is 19.4 Å². The van der Waals surface area contributed by atoms with Crippen LogP contribution in [0.2, 0.25) is 0 Å². The molecule has 1 aromatic rings. The molecule has 7 heteroatoms. The van der Waals surface area contributed by atoms with Gasteiger partial charge in [0, 0.05) is 5.71 Å². The molecule has 0 fully saturated rings. The van der Waals surface area contributed by atoms with Crippen molar-refractivity contribution in [3.63, 3.8) is 0 Å². The van der Waals surface area contributed by atoms with Gasteiger partial charge in [-0.05, 0) is 37.8 Å². The number of methoxy groups -OCH3 is 1. The number of amidine groups is 1. The maximum atomic E-state index is 13.6. The Kier molecular flexibility index (Phi) is 4.65. The Labute approximate surface area is 131 Å². The Balaban J connectivity index is 2.63. The van der Waals surface area contributed by atoms with Gasteiger partial charge < -0.3 is 4.74 Å². The number of benzene rings is 1. The Hall–Kier alpha value is -1.76. The molecule has 0 aliphatic carbocycles. The molecule has 1 aliphatic heterocycles. The van der Waals surface area contributed by atoms with Crippen molar-refractivity contribution in [1.82, 2.24) is 0 Å². The predicted octanol–water partition coefficient (Wildman–Crippen LogP) is 3.16. The molecule has 4 nitrogen and oxygen atoms in total. The van der Waals surface area contributed by atoms with Gasteiger partial charge in [-0.15, -0.1) is 0 Å². The lowest BCUT2D eigenvalue weighted by atomic mass is 9.77. The van der Waals surface area contributed by atoms with E-state index < -0.39 is 29.1 Å². The molecule has 0 radical (unpaired) electrons. The third kappa shape index (κ3) is 2.77. The zero-order valence-corrected chi connectivity index (χ0v) is 13.5. The van der Waals surface area contributed by atoms with Gasteiger partial charge in [0.2, 0.25) is 0 Å². The number of halogens is 2. The Bertz CT molecular complexity index is 676. The van der Waals surface area contributed by atoms with E-state index in [-0.39, 0.29) is 0 Å². The van der Waals surface area contributed by atoms with E-state index in [0.29, 0.717) is 16.4 Å². The van der Waals surface area contributed by atoms with E-state index in [1.165, 1.54) is 24.9 Å². The van der Waals surface area contributed by atoms with Crippen LogP contribution in [0.3, 0.4) is 0 Å². The van der Waals surface area contributed by atoms with Crippen LogP contribution in [-0.2, 0) is 15.1 Å². The molecule has 0 saturated carbocycles. The third-order valence-corrected chi connectivity index (χ3v) is 4.25. The fourth-order valence-electron chi connectivity index (χ4n) is 2.56. The number of esters is 1. The molecule has 0 N–H and O–H groups in total.